The number of aliphatic hydroxyl groups is 1. The quantitative estimate of drug-likeness (QED) is 0.187. The van der Waals surface area contributed by atoms with Crippen molar-refractivity contribution in [2.45, 2.75) is 32.7 Å². The van der Waals surface area contributed by atoms with Gasteiger partial charge in [-0.2, -0.15) is 0 Å². The molecule has 9 nitrogen and oxygen atoms in total. The molecule has 2 fully saturated rings. The van der Waals surface area contributed by atoms with Gasteiger partial charge in [0.1, 0.15) is 11.5 Å². The molecule has 0 bridgehead atoms. The van der Waals surface area contributed by atoms with Crippen molar-refractivity contribution in [2.75, 3.05) is 59.7 Å². The lowest BCUT2D eigenvalue weighted by atomic mass is 9.95. The Morgan fingerprint density at radius 3 is 2.54 bits per heavy atom. The topological polar surface area (TPSA) is 97.8 Å². The first kappa shape index (κ1) is 28.4. The number of benzene rings is 2. The third-order valence-corrected chi connectivity index (χ3v) is 6.98. The SMILES string of the molecule is CCCCOc1cccc(C(O)=C2C(=O)C(=O)N(CCN3CCOCC3)C2c2ccc(OCC)c(OC)c2)c1. The summed E-state index contributed by atoms with van der Waals surface area (Å²) in [6.45, 7) is 8.68. The number of amides is 1. The van der Waals surface area contributed by atoms with Gasteiger partial charge in [0.2, 0.25) is 0 Å². The van der Waals surface area contributed by atoms with E-state index in [0.29, 0.717) is 67.9 Å². The largest absolute Gasteiger partial charge is 0.507 e. The molecule has 2 aromatic rings. The standard InChI is InChI=1S/C30H38N2O7/c1-4-6-16-39-23-9-7-8-22(19-23)28(33)26-27(21-10-11-24(38-5-2)25(20-21)36-3)32(30(35)29(26)34)13-12-31-14-17-37-18-15-31/h7-11,19-20,27,33H,4-6,12-18H2,1-3H3. The Bertz CT molecular complexity index is 1190. The molecule has 4 rings (SSSR count). The lowest BCUT2D eigenvalue weighted by molar-refractivity contribution is -0.140. The van der Waals surface area contributed by atoms with Crippen LogP contribution in [0.3, 0.4) is 0 Å². The van der Waals surface area contributed by atoms with Crippen molar-refractivity contribution in [3.05, 3.63) is 59.2 Å². The molecule has 1 N–H and O–H groups in total. The Balaban J connectivity index is 1.74. The molecule has 2 aliphatic heterocycles. The van der Waals surface area contributed by atoms with Gasteiger partial charge in [0.25, 0.3) is 11.7 Å². The predicted molar refractivity (Wildman–Crippen MR) is 147 cm³/mol. The Hall–Kier alpha value is -3.56. The molecule has 210 valence electrons. The summed E-state index contributed by atoms with van der Waals surface area (Å²) in [5.74, 6) is 0.0439. The van der Waals surface area contributed by atoms with E-state index in [-0.39, 0.29) is 11.3 Å². The first-order chi connectivity index (χ1) is 19.0. The molecular weight excluding hydrogens is 500 g/mol. The lowest BCUT2D eigenvalue weighted by Crippen LogP contribution is -2.42. The molecule has 2 heterocycles. The number of hydrogen-bond donors (Lipinski definition) is 1. The van der Waals surface area contributed by atoms with Crippen LogP contribution >= 0.6 is 0 Å². The second-order valence-corrected chi connectivity index (χ2v) is 9.52. The van der Waals surface area contributed by atoms with Crippen LogP contribution in [0.1, 0.15) is 43.9 Å². The van der Waals surface area contributed by atoms with Gasteiger partial charge in [-0.3, -0.25) is 14.5 Å². The lowest BCUT2D eigenvalue weighted by Gasteiger charge is -2.31. The molecule has 0 spiro atoms. The number of ether oxygens (including phenoxy) is 4. The Morgan fingerprint density at radius 2 is 1.82 bits per heavy atom. The highest BCUT2D eigenvalue weighted by Crippen LogP contribution is 2.42. The van der Waals surface area contributed by atoms with Gasteiger partial charge >= 0.3 is 0 Å². The molecule has 2 saturated heterocycles. The minimum atomic E-state index is -0.791. The number of ketones is 1. The van der Waals surface area contributed by atoms with Crippen molar-refractivity contribution in [1.29, 1.82) is 0 Å². The van der Waals surface area contributed by atoms with E-state index in [4.69, 9.17) is 18.9 Å². The first-order valence-corrected chi connectivity index (χ1v) is 13.6. The zero-order valence-electron chi connectivity index (χ0n) is 23.0. The maximum atomic E-state index is 13.5. The third-order valence-electron chi connectivity index (χ3n) is 6.98. The van der Waals surface area contributed by atoms with Gasteiger partial charge in [-0.1, -0.05) is 31.5 Å². The molecule has 1 atom stereocenters. The second kappa shape index (κ2) is 13.5. The van der Waals surface area contributed by atoms with Gasteiger partial charge < -0.3 is 29.0 Å². The van der Waals surface area contributed by atoms with Gasteiger partial charge in [-0.05, 0) is 43.2 Å². The minimum absolute atomic E-state index is 0.0406. The maximum absolute atomic E-state index is 13.5. The minimum Gasteiger partial charge on any atom is -0.507 e. The summed E-state index contributed by atoms with van der Waals surface area (Å²) in [6, 6.07) is 11.5. The fraction of sp³-hybridized carbons (Fsp3) is 0.467. The van der Waals surface area contributed by atoms with E-state index in [1.165, 1.54) is 0 Å². The zero-order chi connectivity index (χ0) is 27.8. The van der Waals surface area contributed by atoms with Crippen LogP contribution in [0, 0.1) is 0 Å². The summed E-state index contributed by atoms with van der Waals surface area (Å²) in [7, 11) is 1.54. The first-order valence-electron chi connectivity index (χ1n) is 13.6. The summed E-state index contributed by atoms with van der Waals surface area (Å²) in [6.07, 6.45) is 1.91. The highest BCUT2D eigenvalue weighted by Gasteiger charge is 2.46. The van der Waals surface area contributed by atoms with Crippen molar-refractivity contribution in [3.63, 3.8) is 0 Å². The van der Waals surface area contributed by atoms with Crippen LogP contribution in [-0.4, -0.2) is 86.3 Å². The predicted octanol–water partition coefficient (Wildman–Crippen LogP) is 4.03. The fourth-order valence-corrected chi connectivity index (χ4v) is 4.88. The van der Waals surface area contributed by atoms with Crippen molar-refractivity contribution >= 4 is 17.4 Å². The molecule has 1 unspecified atom stereocenters. The van der Waals surface area contributed by atoms with Gasteiger partial charge in [0.05, 0.1) is 45.2 Å². The van der Waals surface area contributed by atoms with E-state index in [9.17, 15) is 14.7 Å². The summed E-state index contributed by atoms with van der Waals surface area (Å²) >= 11 is 0. The van der Waals surface area contributed by atoms with Gasteiger partial charge in [0.15, 0.2) is 11.5 Å². The van der Waals surface area contributed by atoms with Crippen molar-refractivity contribution in [3.8, 4) is 17.2 Å². The molecule has 9 heteroatoms. The molecule has 0 aliphatic carbocycles. The summed E-state index contributed by atoms with van der Waals surface area (Å²) in [5.41, 5.74) is 1.10. The number of rotatable bonds is 12. The molecule has 1 amide bonds. The number of nitrogens with zero attached hydrogens (tertiary/aromatic N) is 2. The van der Waals surface area contributed by atoms with Crippen LogP contribution in [-0.2, 0) is 14.3 Å². The van der Waals surface area contributed by atoms with Gasteiger partial charge in [-0.25, -0.2) is 0 Å². The van der Waals surface area contributed by atoms with Gasteiger partial charge in [0, 0.05) is 31.7 Å². The van der Waals surface area contributed by atoms with E-state index in [0.717, 1.165) is 25.9 Å². The maximum Gasteiger partial charge on any atom is 0.295 e. The average molecular weight is 539 g/mol. The van der Waals surface area contributed by atoms with Crippen LogP contribution in [0.5, 0.6) is 17.2 Å². The average Bonchev–Trinajstić information content (AvgIpc) is 3.22. The molecule has 2 aliphatic rings. The number of methoxy groups -OCH3 is 1. The Morgan fingerprint density at radius 1 is 1.03 bits per heavy atom. The normalized spacial score (nSPS) is 19.4. The number of carbonyl (C=O) groups excluding carboxylic acids is 2. The van der Waals surface area contributed by atoms with Crippen LogP contribution in [0.2, 0.25) is 0 Å². The van der Waals surface area contributed by atoms with E-state index >= 15 is 0 Å². The molecule has 0 aromatic heterocycles. The van der Waals surface area contributed by atoms with Crippen molar-refractivity contribution in [1.82, 2.24) is 9.80 Å². The van der Waals surface area contributed by atoms with E-state index in [1.807, 2.05) is 19.1 Å². The van der Waals surface area contributed by atoms with Crippen LogP contribution < -0.4 is 14.2 Å². The van der Waals surface area contributed by atoms with Crippen LogP contribution in [0.4, 0.5) is 0 Å². The Kier molecular flexibility index (Phi) is 9.84. The number of morpholine rings is 1. The van der Waals surface area contributed by atoms with Crippen molar-refractivity contribution < 1.29 is 33.6 Å². The number of unbranched alkanes of at least 4 members (excludes halogenated alkanes) is 1. The van der Waals surface area contributed by atoms with Crippen LogP contribution in [0.15, 0.2) is 48.0 Å². The number of likely N-dealkylation sites (tertiary alicyclic amines) is 1. The summed E-state index contributed by atoms with van der Waals surface area (Å²) in [5, 5.41) is 11.5. The highest BCUT2D eigenvalue weighted by molar-refractivity contribution is 6.46. The molecule has 39 heavy (non-hydrogen) atoms. The van der Waals surface area contributed by atoms with Crippen LogP contribution in [0.25, 0.3) is 5.76 Å². The van der Waals surface area contributed by atoms with E-state index in [1.54, 1.807) is 42.3 Å². The number of aliphatic hydroxyl groups excluding tert-OH is 1. The molecule has 0 saturated carbocycles. The molecule has 0 radical (unpaired) electrons. The molecular formula is C30H38N2O7. The number of carbonyl (C=O) groups is 2. The second-order valence-electron chi connectivity index (χ2n) is 9.52. The van der Waals surface area contributed by atoms with Gasteiger partial charge in [-0.15, -0.1) is 0 Å². The zero-order valence-corrected chi connectivity index (χ0v) is 23.0. The third kappa shape index (κ3) is 6.54. The summed E-state index contributed by atoms with van der Waals surface area (Å²) in [4.78, 5) is 30.6. The van der Waals surface area contributed by atoms with Crippen molar-refractivity contribution in [2.24, 2.45) is 0 Å². The number of hydrogen-bond acceptors (Lipinski definition) is 8. The highest BCUT2D eigenvalue weighted by atomic mass is 16.5. The fourth-order valence-electron chi connectivity index (χ4n) is 4.88. The smallest absolute Gasteiger partial charge is 0.295 e. The Labute approximate surface area is 229 Å². The summed E-state index contributed by atoms with van der Waals surface area (Å²) < 4.78 is 22.5. The van der Waals surface area contributed by atoms with E-state index in [2.05, 4.69) is 11.8 Å². The number of Topliss-reactive ketones (excluding diaryl/α,β-unsaturated/α-hetero) is 1. The monoisotopic (exact) mass is 538 g/mol. The van der Waals surface area contributed by atoms with E-state index < -0.39 is 17.7 Å². The molecule has 2 aromatic carbocycles.